The van der Waals surface area contributed by atoms with Crippen LogP contribution in [0.3, 0.4) is 0 Å². The van der Waals surface area contributed by atoms with Gasteiger partial charge in [-0.2, -0.15) is 13.2 Å². The molecule has 2 heterocycles. The third kappa shape index (κ3) is 4.03. The molecule has 2 aromatic rings. The van der Waals surface area contributed by atoms with E-state index in [9.17, 15) is 22.8 Å². The number of nitrogens with zero attached hydrogens (tertiary/aromatic N) is 2. The Morgan fingerprint density at radius 3 is 2.39 bits per heavy atom. The second-order valence-corrected chi connectivity index (χ2v) is 7.43. The number of nitrogens with one attached hydrogen (secondary N) is 1. The van der Waals surface area contributed by atoms with Gasteiger partial charge in [0.25, 0.3) is 0 Å². The Kier molecular flexibility index (Phi) is 5.72. The lowest BCUT2D eigenvalue weighted by Crippen LogP contribution is -2.63. The van der Waals surface area contributed by atoms with Gasteiger partial charge in [0.1, 0.15) is 12.2 Å². The highest BCUT2D eigenvalue weighted by molar-refractivity contribution is 5.81. The van der Waals surface area contributed by atoms with Crippen molar-refractivity contribution in [3.63, 3.8) is 0 Å². The van der Waals surface area contributed by atoms with Crippen LogP contribution in [-0.2, 0) is 20.5 Å². The average molecular weight is 433 g/mol. The van der Waals surface area contributed by atoms with E-state index >= 15 is 0 Å². The monoisotopic (exact) mass is 433 g/mol. The van der Waals surface area contributed by atoms with E-state index in [-0.39, 0.29) is 18.9 Å². The molecular formula is C22H22F3N3O3. The first-order valence-corrected chi connectivity index (χ1v) is 10.0. The molecule has 2 fully saturated rings. The fourth-order valence-corrected chi connectivity index (χ4v) is 4.18. The number of ether oxygens (including phenoxy) is 1. The number of carbonyl (C=O) groups is 2. The Morgan fingerprint density at radius 1 is 1.10 bits per heavy atom. The Hall–Kier alpha value is -2.91. The molecule has 0 spiro atoms. The van der Waals surface area contributed by atoms with Crippen LogP contribution in [0.15, 0.2) is 54.6 Å². The number of hydrazine groups is 1. The van der Waals surface area contributed by atoms with Gasteiger partial charge in [-0.1, -0.05) is 42.5 Å². The predicted octanol–water partition coefficient (Wildman–Crippen LogP) is 3.43. The number of fused-ring (bicyclic) bond motifs is 1. The summed E-state index contributed by atoms with van der Waals surface area (Å²) in [6, 6.07) is 12.6. The molecule has 164 valence electrons. The molecule has 9 heteroatoms. The summed E-state index contributed by atoms with van der Waals surface area (Å²) in [6.07, 6.45) is -5.00. The van der Waals surface area contributed by atoms with Gasteiger partial charge in [0.15, 0.2) is 0 Å². The van der Waals surface area contributed by atoms with Crippen molar-refractivity contribution in [2.45, 2.75) is 37.8 Å². The fraction of sp³-hybridized carbons (Fsp3) is 0.364. The number of amides is 1. The van der Waals surface area contributed by atoms with E-state index in [1.807, 2.05) is 35.3 Å². The lowest BCUT2D eigenvalue weighted by Gasteiger charge is -2.48. The molecule has 31 heavy (non-hydrogen) atoms. The number of benzene rings is 2. The minimum atomic E-state index is -4.46. The maximum Gasteiger partial charge on any atom is 0.416 e. The zero-order valence-corrected chi connectivity index (χ0v) is 16.8. The van der Waals surface area contributed by atoms with E-state index in [0.29, 0.717) is 12.1 Å². The minimum Gasteiger partial charge on any atom is -0.465 e. The topological polar surface area (TPSA) is 61.9 Å². The maximum atomic E-state index is 13.0. The SMILES string of the molecule is CCOC(=O)[C@H]1N[C@@H](c2ccc(C(F)(F)F)cc2)N2C(=O)CCN2[C@@H]1c1ccccc1. The second kappa shape index (κ2) is 8.32. The molecule has 0 saturated carbocycles. The predicted molar refractivity (Wildman–Crippen MR) is 105 cm³/mol. The maximum absolute atomic E-state index is 13.0. The lowest BCUT2D eigenvalue weighted by molar-refractivity contribution is -0.174. The van der Waals surface area contributed by atoms with Gasteiger partial charge < -0.3 is 4.74 Å². The Bertz CT molecular complexity index is 950. The number of carbonyl (C=O) groups excluding carboxylic acids is 2. The van der Waals surface area contributed by atoms with Crippen LogP contribution in [0.25, 0.3) is 0 Å². The summed E-state index contributed by atoms with van der Waals surface area (Å²) in [5.74, 6) is -0.645. The van der Waals surface area contributed by atoms with E-state index < -0.39 is 36.0 Å². The average Bonchev–Trinajstić information content (AvgIpc) is 3.14. The summed E-state index contributed by atoms with van der Waals surface area (Å²) in [7, 11) is 0. The van der Waals surface area contributed by atoms with Gasteiger partial charge in [-0.25, -0.2) is 5.01 Å². The number of esters is 1. The molecule has 3 atom stereocenters. The highest BCUT2D eigenvalue weighted by Crippen LogP contribution is 2.40. The standard InChI is InChI=1S/C22H22F3N3O3/c1-2-31-21(30)18-19(14-6-4-3-5-7-14)27-13-12-17(29)28(27)20(26-18)15-8-10-16(11-9-15)22(23,24)25/h3-11,18-20,26H,2,12-13H2,1H3/t18-,19+,20+/m0/s1. The third-order valence-corrected chi connectivity index (χ3v) is 5.54. The van der Waals surface area contributed by atoms with Crippen molar-refractivity contribution in [2.75, 3.05) is 13.2 Å². The van der Waals surface area contributed by atoms with Crippen LogP contribution in [0.5, 0.6) is 0 Å². The van der Waals surface area contributed by atoms with E-state index in [4.69, 9.17) is 4.74 Å². The van der Waals surface area contributed by atoms with Crippen molar-refractivity contribution in [1.82, 2.24) is 15.3 Å². The molecule has 0 radical (unpaired) electrons. The molecule has 6 nitrogen and oxygen atoms in total. The van der Waals surface area contributed by atoms with E-state index in [2.05, 4.69) is 5.32 Å². The van der Waals surface area contributed by atoms with E-state index in [1.165, 1.54) is 17.1 Å². The van der Waals surface area contributed by atoms with Gasteiger partial charge in [0.05, 0.1) is 18.2 Å². The summed E-state index contributed by atoms with van der Waals surface area (Å²) in [5.41, 5.74) is 0.508. The zero-order chi connectivity index (χ0) is 22.2. The number of halogens is 3. The summed E-state index contributed by atoms with van der Waals surface area (Å²) >= 11 is 0. The summed E-state index contributed by atoms with van der Waals surface area (Å²) < 4.78 is 44.2. The third-order valence-electron chi connectivity index (χ3n) is 5.54. The van der Waals surface area contributed by atoms with Crippen LogP contribution < -0.4 is 5.32 Å². The first kappa shape index (κ1) is 21.3. The largest absolute Gasteiger partial charge is 0.465 e. The van der Waals surface area contributed by atoms with Crippen molar-refractivity contribution < 1.29 is 27.5 Å². The second-order valence-electron chi connectivity index (χ2n) is 7.43. The first-order valence-electron chi connectivity index (χ1n) is 10.0. The first-order chi connectivity index (χ1) is 14.8. The normalized spacial score (nSPS) is 24.2. The van der Waals surface area contributed by atoms with Crippen molar-refractivity contribution in [1.29, 1.82) is 0 Å². The van der Waals surface area contributed by atoms with Crippen molar-refractivity contribution in [2.24, 2.45) is 0 Å². The van der Waals surface area contributed by atoms with Crippen LogP contribution in [0.2, 0.25) is 0 Å². The van der Waals surface area contributed by atoms with E-state index in [1.54, 1.807) is 6.92 Å². The highest BCUT2D eigenvalue weighted by atomic mass is 19.4. The highest BCUT2D eigenvalue weighted by Gasteiger charge is 2.50. The number of hydrogen-bond donors (Lipinski definition) is 1. The quantitative estimate of drug-likeness (QED) is 0.749. The fourth-order valence-electron chi connectivity index (χ4n) is 4.18. The van der Waals surface area contributed by atoms with Crippen molar-refractivity contribution in [3.05, 3.63) is 71.3 Å². The van der Waals surface area contributed by atoms with Crippen LogP contribution >= 0.6 is 0 Å². The Morgan fingerprint density at radius 2 is 1.77 bits per heavy atom. The number of hydrogen-bond acceptors (Lipinski definition) is 5. The summed E-state index contributed by atoms with van der Waals surface area (Å²) in [5, 5.41) is 6.50. The van der Waals surface area contributed by atoms with Crippen LogP contribution in [0.4, 0.5) is 13.2 Å². The number of rotatable bonds is 4. The molecule has 2 aromatic carbocycles. The van der Waals surface area contributed by atoms with Crippen LogP contribution in [-0.4, -0.2) is 41.1 Å². The summed E-state index contributed by atoms with van der Waals surface area (Å²) in [6.45, 7) is 2.29. The van der Waals surface area contributed by atoms with Crippen molar-refractivity contribution >= 4 is 11.9 Å². The molecule has 0 aliphatic carbocycles. The van der Waals surface area contributed by atoms with Gasteiger partial charge in [-0.05, 0) is 30.2 Å². The Balaban J connectivity index is 1.74. The van der Waals surface area contributed by atoms with Gasteiger partial charge in [0, 0.05) is 13.0 Å². The molecule has 2 aliphatic heterocycles. The molecular weight excluding hydrogens is 411 g/mol. The zero-order valence-electron chi connectivity index (χ0n) is 16.8. The molecule has 4 rings (SSSR count). The smallest absolute Gasteiger partial charge is 0.416 e. The molecule has 2 saturated heterocycles. The molecule has 0 unspecified atom stereocenters. The van der Waals surface area contributed by atoms with Gasteiger partial charge in [-0.15, -0.1) is 0 Å². The van der Waals surface area contributed by atoms with E-state index in [0.717, 1.165) is 17.7 Å². The molecule has 1 N–H and O–H groups in total. The molecule has 2 aliphatic rings. The van der Waals surface area contributed by atoms with Crippen molar-refractivity contribution in [3.8, 4) is 0 Å². The lowest BCUT2D eigenvalue weighted by atomic mass is 9.95. The number of alkyl halides is 3. The summed E-state index contributed by atoms with van der Waals surface area (Å²) in [4.78, 5) is 25.6. The van der Waals surface area contributed by atoms with Crippen LogP contribution in [0, 0.1) is 0 Å². The Labute approximate surface area is 177 Å². The molecule has 0 aromatic heterocycles. The molecule has 0 bridgehead atoms. The van der Waals surface area contributed by atoms with Gasteiger partial charge >= 0.3 is 12.1 Å². The van der Waals surface area contributed by atoms with Crippen LogP contribution in [0.1, 0.15) is 42.2 Å². The molecule has 1 amide bonds. The van der Waals surface area contributed by atoms with Gasteiger partial charge in [-0.3, -0.25) is 19.9 Å². The van der Waals surface area contributed by atoms with Gasteiger partial charge in [0.2, 0.25) is 5.91 Å². The minimum absolute atomic E-state index is 0.166.